The summed E-state index contributed by atoms with van der Waals surface area (Å²) in [6.07, 6.45) is 0.982. The number of carbonyl (C=O) groups is 3. The Morgan fingerprint density at radius 3 is 2.38 bits per heavy atom. The second kappa shape index (κ2) is 9.20. The normalized spacial score (nSPS) is 16.3. The van der Waals surface area contributed by atoms with Crippen LogP contribution in [0.3, 0.4) is 0 Å². The van der Waals surface area contributed by atoms with E-state index in [0.717, 1.165) is 33.5 Å². The quantitative estimate of drug-likeness (QED) is 0.515. The van der Waals surface area contributed by atoms with Gasteiger partial charge in [0.2, 0.25) is 21.8 Å². The molecule has 1 atom stereocenters. The van der Waals surface area contributed by atoms with E-state index in [9.17, 15) is 27.2 Å². The maximum Gasteiger partial charge on any atom is 0.252 e. The number of amides is 3. The molecule has 1 aliphatic heterocycles. The number of nitrogens with one attached hydrogen (secondary N) is 1. The molecule has 0 spiro atoms. The van der Waals surface area contributed by atoms with E-state index in [4.69, 9.17) is 4.42 Å². The minimum Gasteiger partial charge on any atom is -0.468 e. The number of carbonyl (C=O) groups excluding carboxylic acids is 3. The molecule has 34 heavy (non-hydrogen) atoms. The van der Waals surface area contributed by atoms with Crippen LogP contribution in [0.15, 0.2) is 76.2 Å². The van der Waals surface area contributed by atoms with Crippen LogP contribution in [0.1, 0.15) is 19.1 Å². The molecule has 1 aromatic heterocycles. The summed E-state index contributed by atoms with van der Waals surface area (Å²) in [5.41, 5.74) is 0.717. The highest BCUT2D eigenvalue weighted by molar-refractivity contribution is 7.89. The number of nitrogens with zero attached hydrogens (tertiary/aromatic N) is 2. The first-order chi connectivity index (χ1) is 16.2. The van der Waals surface area contributed by atoms with Crippen molar-refractivity contribution in [3.8, 4) is 0 Å². The molecule has 3 aromatic rings. The molecule has 1 aliphatic rings. The highest BCUT2D eigenvalue weighted by atomic mass is 32.2. The van der Waals surface area contributed by atoms with E-state index >= 15 is 0 Å². The first kappa shape index (κ1) is 23.3. The average molecular weight is 485 g/mol. The Labute approximate surface area is 194 Å². The molecule has 0 aliphatic carbocycles. The molecule has 176 valence electrons. The van der Waals surface area contributed by atoms with E-state index in [-0.39, 0.29) is 35.2 Å². The molecule has 4 rings (SSSR count). The molecule has 2 heterocycles. The summed E-state index contributed by atoms with van der Waals surface area (Å²) in [6.45, 7) is 1.05. The van der Waals surface area contributed by atoms with Gasteiger partial charge in [-0.1, -0.05) is 0 Å². The van der Waals surface area contributed by atoms with Crippen LogP contribution in [0.25, 0.3) is 0 Å². The Morgan fingerprint density at radius 1 is 1.12 bits per heavy atom. The summed E-state index contributed by atoms with van der Waals surface area (Å²) in [5, 5.41) is 2.59. The maximum atomic E-state index is 13.4. The zero-order valence-electron chi connectivity index (χ0n) is 18.0. The lowest BCUT2D eigenvalue weighted by atomic mass is 10.2. The van der Waals surface area contributed by atoms with Gasteiger partial charge in [0, 0.05) is 12.6 Å². The van der Waals surface area contributed by atoms with E-state index in [1.165, 1.54) is 37.5 Å². The summed E-state index contributed by atoms with van der Waals surface area (Å²) >= 11 is 0. The van der Waals surface area contributed by atoms with Crippen LogP contribution in [0.4, 0.5) is 15.8 Å². The number of rotatable bonds is 7. The van der Waals surface area contributed by atoms with Crippen molar-refractivity contribution in [2.75, 3.05) is 10.2 Å². The molecule has 1 N–H and O–H groups in total. The zero-order valence-corrected chi connectivity index (χ0v) is 18.8. The van der Waals surface area contributed by atoms with Crippen LogP contribution >= 0.6 is 0 Å². The third-order valence-corrected chi connectivity index (χ3v) is 7.10. The summed E-state index contributed by atoms with van der Waals surface area (Å²) in [5.74, 6) is -1.93. The number of halogens is 1. The predicted molar refractivity (Wildman–Crippen MR) is 119 cm³/mol. The molecule has 0 bridgehead atoms. The second-order valence-electron chi connectivity index (χ2n) is 7.60. The third kappa shape index (κ3) is 4.61. The number of hydrogen-bond acceptors (Lipinski definition) is 6. The summed E-state index contributed by atoms with van der Waals surface area (Å²) < 4.78 is 46.4. The molecular formula is C23H20FN3O6S. The maximum absolute atomic E-state index is 13.4. The largest absolute Gasteiger partial charge is 0.468 e. The van der Waals surface area contributed by atoms with Crippen molar-refractivity contribution in [3.05, 3.63) is 78.5 Å². The summed E-state index contributed by atoms with van der Waals surface area (Å²) in [4.78, 5) is 38.0. The lowest BCUT2D eigenvalue weighted by Gasteiger charge is -2.26. The van der Waals surface area contributed by atoms with Crippen molar-refractivity contribution in [2.24, 2.45) is 0 Å². The van der Waals surface area contributed by atoms with Crippen molar-refractivity contribution in [1.29, 1.82) is 0 Å². The molecule has 0 saturated carbocycles. The van der Waals surface area contributed by atoms with Crippen molar-refractivity contribution < 1.29 is 31.6 Å². The molecule has 3 amide bonds. The van der Waals surface area contributed by atoms with Gasteiger partial charge in [0.1, 0.15) is 17.6 Å². The van der Waals surface area contributed by atoms with Crippen LogP contribution < -0.4 is 10.2 Å². The molecule has 11 heteroatoms. The minimum atomic E-state index is -4.30. The van der Waals surface area contributed by atoms with E-state index < -0.39 is 33.7 Å². The Balaban J connectivity index is 1.68. The number of sulfonamides is 1. The van der Waals surface area contributed by atoms with Crippen molar-refractivity contribution >= 4 is 39.1 Å². The first-order valence-electron chi connectivity index (χ1n) is 10.2. The van der Waals surface area contributed by atoms with E-state index in [1.807, 2.05) is 0 Å². The smallest absolute Gasteiger partial charge is 0.252 e. The predicted octanol–water partition coefficient (Wildman–Crippen LogP) is 2.90. The number of benzene rings is 2. The van der Waals surface area contributed by atoms with Gasteiger partial charge in [-0.3, -0.25) is 14.4 Å². The van der Waals surface area contributed by atoms with Crippen LogP contribution in [0.5, 0.6) is 0 Å². The molecule has 2 aromatic carbocycles. The van der Waals surface area contributed by atoms with Gasteiger partial charge in [0.15, 0.2) is 0 Å². The van der Waals surface area contributed by atoms with Crippen LogP contribution in [-0.4, -0.2) is 36.5 Å². The summed E-state index contributed by atoms with van der Waals surface area (Å²) in [7, 11) is -4.30. The van der Waals surface area contributed by atoms with Gasteiger partial charge in [-0.25, -0.2) is 17.7 Å². The van der Waals surface area contributed by atoms with Gasteiger partial charge in [0.05, 0.1) is 29.8 Å². The molecule has 1 saturated heterocycles. The standard InChI is InChI=1S/C23H20FN3O6S/c1-15(28)25-17-6-8-18(9-7-17)27-22(29)13-21(23(27)30)26(14-19-3-2-12-33-19)34(31,32)20-10-4-16(24)5-11-20/h2-12,21H,13-14H2,1H3,(H,25,28). The molecule has 0 radical (unpaired) electrons. The lowest BCUT2D eigenvalue weighted by Crippen LogP contribution is -2.45. The van der Waals surface area contributed by atoms with E-state index in [1.54, 1.807) is 12.1 Å². The first-order valence-corrected chi connectivity index (χ1v) is 11.6. The number of anilines is 2. The fourth-order valence-corrected chi connectivity index (χ4v) is 5.22. The van der Waals surface area contributed by atoms with Gasteiger partial charge in [0.25, 0.3) is 5.91 Å². The number of furan rings is 1. The van der Waals surface area contributed by atoms with Gasteiger partial charge in [-0.15, -0.1) is 0 Å². The van der Waals surface area contributed by atoms with Crippen molar-refractivity contribution in [1.82, 2.24) is 4.31 Å². The Hall–Kier alpha value is -3.83. The Bertz CT molecular complexity index is 1320. The van der Waals surface area contributed by atoms with E-state index in [0.29, 0.717) is 5.69 Å². The summed E-state index contributed by atoms with van der Waals surface area (Å²) in [6, 6.07) is 12.0. The van der Waals surface area contributed by atoms with Crippen molar-refractivity contribution in [2.45, 2.75) is 30.8 Å². The fourth-order valence-electron chi connectivity index (χ4n) is 3.67. The Morgan fingerprint density at radius 2 is 1.79 bits per heavy atom. The lowest BCUT2D eigenvalue weighted by molar-refractivity contribution is -0.122. The highest BCUT2D eigenvalue weighted by Gasteiger charge is 2.47. The van der Waals surface area contributed by atoms with Gasteiger partial charge < -0.3 is 9.73 Å². The SMILES string of the molecule is CC(=O)Nc1ccc(N2C(=O)CC(N(Cc3ccco3)S(=O)(=O)c3ccc(F)cc3)C2=O)cc1. The van der Waals surface area contributed by atoms with Gasteiger partial charge in [-0.2, -0.15) is 4.31 Å². The second-order valence-corrected chi connectivity index (χ2v) is 9.49. The number of imide groups is 1. The highest BCUT2D eigenvalue weighted by Crippen LogP contribution is 2.31. The third-order valence-electron chi connectivity index (χ3n) is 5.23. The monoisotopic (exact) mass is 485 g/mol. The topological polar surface area (TPSA) is 117 Å². The Kier molecular flexibility index (Phi) is 6.31. The van der Waals surface area contributed by atoms with Gasteiger partial charge >= 0.3 is 0 Å². The molecular weight excluding hydrogens is 465 g/mol. The van der Waals surface area contributed by atoms with Crippen LogP contribution in [0.2, 0.25) is 0 Å². The van der Waals surface area contributed by atoms with E-state index in [2.05, 4.69) is 5.32 Å². The number of hydrogen-bond donors (Lipinski definition) is 1. The zero-order chi connectivity index (χ0) is 24.5. The van der Waals surface area contributed by atoms with Crippen molar-refractivity contribution in [3.63, 3.8) is 0 Å². The van der Waals surface area contributed by atoms with Crippen LogP contribution in [0, 0.1) is 5.82 Å². The van der Waals surface area contributed by atoms with Gasteiger partial charge in [-0.05, 0) is 60.7 Å². The minimum absolute atomic E-state index is 0.223. The molecule has 1 fully saturated rings. The average Bonchev–Trinajstić information content (AvgIpc) is 3.40. The fraction of sp³-hybridized carbons (Fsp3) is 0.174. The molecule has 1 unspecified atom stereocenters. The molecule has 9 nitrogen and oxygen atoms in total. The van der Waals surface area contributed by atoms with Crippen LogP contribution in [-0.2, 0) is 31.0 Å².